The highest BCUT2D eigenvalue weighted by Gasteiger charge is 2.22. The van der Waals surface area contributed by atoms with E-state index in [-0.39, 0.29) is 0 Å². The molecule has 0 amide bonds. The Morgan fingerprint density at radius 3 is 2.71 bits per heavy atom. The molecule has 126 valence electrons. The van der Waals surface area contributed by atoms with Gasteiger partial charge in [-0.3, -0.25) is 0 Å². The van der Waals surface area contributed by atoms with E-state index < -0.39 is 11.7 Å². The largest absolute Gasteiger partial charge is 0.389 e. The lowest BCUT2D eigenvalue weighted by Crippen LogP contribution is -2.47. The third-order valence-corrected chi connectivity index (χ3v) is 3.96. The Hall–Kier alpha value is -0.200. The molecule has 3 N–H and O–H groups in total. The van der Waals surface area contributed by atoms with Crippen LogP contribution in [-0.4, -0.2) is 73.3 Å². The molecule has 4 atom stereocenters. The van der Waals surface area contributed by atoms with E-state index >= 15 is 0 Å². The lowest BCUT2D eigenvalue weighted by molar-refractivity contribution is -0.0328. The average Bonchev–Trinajstić information content (AvgIpc) is 2.34. The zero-order chi connectivity index (χ0) is 15.9. The van der Waals surface area contributed by atoms with Crippen LogP contribution in [0, 0.1) is 5.92 Å². The number of aliphatic hydroxyl groups is 2. The van der Waals surface area contributed by atoms with Gasteiger partial charge in [0.25, 0.3) is 0 Å². The lowest BCUT2D eigenvalue weighted by atomic mass is 9.89. The molecule has 1 fully saturated rings. The molecule has 0 aromatic heterocycles. The quantitative estimate of drug-likeness (QED) is 0.589. The van der Waals surface area contributed by atoms with Crippen LogP contribution in [0.3, 0.4) is 0 Å². The van der Waals surface area contributed by atoms with Crippen LogP contribution in [-0.2, 0) is 4.74 Å². The maximum absolute atomic E-state index is 10.1. The van der Waals surface area contributed by atoms with E-state index in [1.54, 1.807) is 6.92 Å². The van der Waals surface area contributed by atoms with Gasteiger partial charge in [-0.25, -0.2) is 0 Å². The molecule has 0 radical (unpaired) electrons. The monoisotopic (exact) mass is 302 g/mol. The molecule has 1 aliphatic carbocycles. The molecule has 4 unspecified atom stereocenters. The van der Waals surface area contributed by atoms with Gasteiger partial charge >= 0.3 is 0 Å². The fraction of sp³-hybridized carbons (Fsp3) is 1.00. The summed E-state index contributed by atoms with van der Waals surface area (Å²) >= 11 is 0. The fourth-order valence-corrected chi connectivity index (χ4v) is 3.08. The highest BCUT2D eigenvalue weighted by atomic mass is 16.5. The first kappa shape index (κ1) is 18.8. The average molecular weight is 302 g/mol. The van der Waals surface area contributed by atoms with E-state index in [4.69, 9.17) is 4.74 Å². The zero-order valence-electron chi connectivity index (χ0n) is 14.1. The first-order chi connectivity index (χ1) is 9.78. The molecule has 0 saturated heterocycles. The summed E-state index contributed by atoms with van der Waals surface area (Å²) in [4.78, 5) is 1.95. The van der Waals surface area contributed by atoms with Gasteiger partial charge in [0.2, 0.25) is 0 Å². The van der Waals surface area contributed by atoms with Crippen molar-refractivity contribution in [1.29, 1.82) is 0 Å². The molecular formula is C16H34N2O3. The first-order valence-electron chi connectivity index (χ1n) is 8.16. The van der Waals surface area contributed by atoms with Gasteiger partial charge in [0.15, 0.2) is 0 Å². The van der Waals surface area contributed by atoms with Crippen molar-refractivity contribution < 1.29 is 14.9 Å². The number of hydrogen-bond acceptors (Lipinski definition) is 5. The summed E-state index contributed by atoms with van der Waals surface area (Å²) in [5.41, 5.74) is -0.789. The van der Waals surface area contributed by atoms with Crippen LogP contribution in [0.25, 0.3) is 0 Å². The van der Waals surface area contributed by atoms with Gasteiger partial charge in [-0.05, 0) is 39.8 Å². The SMILES string of the molecule is CC1CCCC(OCC(O)CNCC(C)(O)CN(C)C)C1. The molecule has 21 heavy (non-hydrogen) atoms. The van der Waals surface area contributed by atoms with E-state index in [1.165, 1.54) is 12.8 Å². The number of ether oxygens (including phenoxy) is 1. The molecule has 1 saturated carbocycles. The van der Waals surface area contributed by atoms with Gasteiger partial charge in [0, 0.05) is 19.6 Å². The highest BCUT2D eigenvalue weighted by molar-refractivity contribution is 4.79. The van der Waals surface area contributed by atoms with E-state index in [0.29, 0.717) is 32.3 Å². The van der Waals surface area contributed by atoms with Crippen molar-refractivity contribution in [1.82, 2.24) is 10.2 Å². The summed E-state index contributed by atoms with van der Waals surface area (Å²) in [6, 6.07) is 0. The molecule has 0 aromatic rings. The molecule has 1 rings (SSSR count). The molecule has 0 aliphatic heterocycles. The molecule has 5 heteroatoms. The van der Waals surface area contributed by atoms with Gasteiger partial charge < -0.3 is 25.2 Å². The smallest absolute Gasteiger partial charge is 0.0897 e. The van der Waals surface area contributed by atoms with E-state index in [1.807, 2.05) is 19.0 Å². The first-order valence-corrected chi connectivity index (χ1v) is 8.16. The summed E-state index contributed by atoms with van der Waals surface area (Å²) in [6.45, 7) is 5.94. The third-order valence-electron chi connectivity index (χ3n) is 3.96. The predicted molar refractivity (Wildman–Crippen MR) is 85.4 cm³/mol. The summed E-state index contributed by atoms with van der Waals surface area (Å²) in [6.07, 6.45) is 4.54. The van der Waals surface area contributed by atoms with Crippen LogP contribution in [0.1, 0.15) is 39.5 Å². The summed E-state index contributed by atoms with van der Waals surface area (Å²) in [7, 11) is 3.87. The van der Waals surface area contributed by atoms with Gasteiger partial charge in [0.05, 0.1) is 24.4 Å². The summed E-state index contributed by atoms with van der Waals surface area (Å²) in [5.74, 6) is 0.736. The van der Waals surface area contributed by atoms with Gasteiger partial charge in [-0.2, -0.15) is 0 Å². The Balaban J connectivity index is 2.12. The van der Waals surface area contributed by atoms with Crippen LogP contribution in [0.5, 0.6) is 0 Å². The highest BCUT2D eigenvalue weighted by Crippen LogP contribution is 2.25. The Labute approximate surface area is 129 Å². The molecule has 0 heterocycles. The number of likely N-dealkylation sites (N-methyl/N-ethyl adjacent to an activating group) is 1. The van der Waals surface area contributed by atoms with Crippen LogP contribution in [0.15, 0.2) is 0 Å². The topological polar surface area (TPSA) is 65.0 Å². The van der Waals surface area contributed by atoms with E-state index in [2.05, 4.69) is 12.2 Å². The van der Waals surface area contributed by atoms with Crippen molar-refractivity contribution in [2.24, 2.45) is 5.92 Å². The second-order valence-electron chi connectivity index (χ2n) is 7.25. The molecule has 1 aliphatic rings. The van der Waals surface area contributed by atoms with E-state index in [0.717, 1.165) is 18.8 Å². The Kier molecular flexibility index (Phi) is 8.13. The van der Waals surface area contributed by atoms with Crippen LogP contribution in [0.2, 0.25) is 0 Å². The number of aliphatic hydroxyl groups excluding tert-OH is 1. The number of nitrogens with zero attached hydrogens (tertiary/aromatic N) is 1. The minimum absolute atomic E-state index is 0.306. The Morgan fingerprint density at radius 1 is 1.38 bits per heavy atom. The van der Waals surface area contributed by atoms with Crippen LogP contribution < -0.4 is 5.32 Å². The number of rotatable bonds is 9. The summed E-state index contributed by atoms with van der Waals surface area (Å²) < 4.78 is 5.80. The van der Waals surface area contributed by atoms with Crippen molar-refractivity contribution in [3.63, 3.8) is 0 Å². The second-order valence-corrected chi connectivity index (χ2v) is 7.25. The molecule has 0 spiro atoms. The third kappa shape index (κ3) is 8.73. The summed E-state index contributed by atoms with van der Waals surface area (Å²) in [5, 5.41) is 23.2. The predicted octanol–water partition coefficient (Wildman–Crippen LogP) is 0.845. The number of nitrogens with one attached hydrogen (secondary N) is 1. The van der Waals surface area contributed by atoms with E-state index in [9.17, 15) is 10.2 Å². The Morgan fingerprint density at radius 2 is 2.10 bits per heavy atom. The fourth-order valence-electron chi connectivity index (χ4n) is 3.08. The lowest BCUT2D eigenvalue weighted by Gasteiger charge is -2.29. The van der Waals surface area contributed by atoms with Gasteiger partial charge in [-0.1, -0.05) is 19.8 Å². The number of hydrogen-bond donors (Lipinski definition) is 3. The second kappa shape index (κ2) is 9.06. The maximum atomic E-state index is 10.1. The minimum Gasteiger partial charge on any atom is -0.389 e. The van der Waals surface area contributed by atoms with Crippen molar-refractivity contribution >= 4 is 0 Å². The van der Waals surface area contributed by atoms with Crippen molar-refractivity contribution in [2.75, 3.05) is 40.3 Å². The minimum atomic E-state index is -0.789. The van der Waals surface area contributed by atoms with Crippen molar-refractivity contribution in [3.05, 3.63) is 0 Å². The van der Waals surface area contributed by atoms with Gasteiger partial charge in [-0.15, -0.1) is 0 Å². The molecular weight excluding hydrogens is 268 g/mol. The van der Waals surface area contributed by atoms with Crippen molar-refractivity contribution in [3.8, 4) is 0 Å². The van der Waals surface area contributed by atoms with Crippen molar-refractivity contribution in [2.45, 2.75) is 57.3 Å². The molecule has 0 bridgehead atoms. The normalized spacial score (nSPS) is 27.6. The van der Waals surface area contributed by atoms with Crippen LogP contribution >= 0.6 is 0 Å². The van der Waals surface area contributed by atoms with Crippen LogP contribution in [0.4, 0.5) is 0 Å². The standard InChI is InChI=1S/C16H34N2O3/c1-13-6-5-7-15(8-13)21-10-14(19)9-17-11-16(2,20)12-18(3)4/h13-15,17,19-20H,5-12H2,1-4H3. The maximum Gasteiger partial charge on any atom is 0.0897 e. The molecule has 0 aromatic carbocycles. The Bertz CT molecular complexity index is 285. The molecule has 5 nitrogen and oxygen atoms in total. The van der Waals surface area contributed by atoms with Gasteiger partial charge in [0.1, 0.15) is 0 Å². The zero-order valence-corrected chi connectivity index (χ0v) is 14.1.